The third-order valence-corrected chi connectivity index (χ3v) is 6.84. The Kier molecular flexibility index (Phi) is 6.47. The number of phenols is 1. The highest BCUT2D eigenvalue weighted by atomic mass is 32.2. The van der Waals surface area contributed by atoms with Gasteiger partial charge in [-0.25, -0.2) is 8.42 Å². The minimum absolute atomic E-state index is 0.0698. The summed E-state index contributed by atoms with van der Waals surface area (Å²) in [6.45, 7) is 0.396. The summed E-state index contributed by atoms with van der Waals surface area (Å²) < 4.78 is 73.1. The van der Waals surface area contributed by atoms with Crippen LogP contribution in [0.25, 0.3) is 17.4 Å². The van der Waals surface area contributed by atoms with Crippen LogP contribution >= 0.6 is 0 Å². The Balaban J connectivity index is 1.22. The number of halogens is 3. The number of nitrogens with one attached hydrogen (secondary N) is 2. The lowest BCUT2D eigenvalue weighted by molar-refractivity contribution is -0.138. The van der Waals surface area contributed by atoms with Gasteiger partial charge in [-0.15, -0.1) is 5.10 Å². The zero-order chi connectivity index (χ0) is 27.8. The van der Waals surface area contributed by atoms with Crippen LogP contribution in [0.15, 0.2) is 70.2 Å². The van der Waals surface area contributed by atoms with Gasteiger partial charge in [-0.2, -0.15) is 32.6 Å². The first-order chi connectivity index (χ1) is 18.5. The molecule has 0 aliphatic rings. The molecule has 3 heterocycles. The number of sulfonamides is 1. The molecule has 0 saturated carbocycles. The summed E-state index contributed by atoms with van der Waals surface area (Å²) >= 11 is 0. The van der Waals surface area contributed by atoms with Gasteiger partial charge in [-0.1, -0.05) is 12.1 Å². The molecule has 0 unspecified atom stereocenters. The van der Waals surface area contributed by atoms with Crippen LogP contribution in [0.4, 0.5) is 30.8 Å². The average molecular weight is 561 g/mol. The van der Waals surface area contributed by atoms with Crippen LogP contribution in [0.2, 0.25) is 0 Å². The summed E-state index contributed by atoms with van der Waals surface area (Å²) in [4.78, 5) is 12.1. The van der Waals surface area contributed by atoms with Crippen molar-refractivity contribution in [2.75, 3.05) is 22.3 Å². The lowest BCUT2D eigenvalue weighted by atomic mass is 10.1. The van der Waals surface area contributed by atoms with Gasteiger partial charge >= 0.3 is 6.18 Å². The molecule has 5 aromatic rings. The number of hydrogen-bond donors (Lipinski definition) is 4. The molecule has 0 radical (unpaired) electrons. The number of alkyl halides is 3. The van der Waals surface area contributed by atoms with E-state index < -0.39 is 32.4 Å². The minimum Gasteiger partial charge on any atom is -0.507 e. The van der Waals surface area contributed by atoms with E-state index in [4.69, 9.17) is 10.2 Å². The van der Waals surface area contributed by atoms with Gasteiger partial charge in [0.25, 0.3) is 15.8 Å². The number of hydrogen-bond acceptors (Lipinski definition) is 10. The Morgan fingerprint density at radius 1 is 1.05 bits per heavy atom. The molecule has 202 valence electrons. The molecule has 16 heteroatoms. The summed E-state index contributed by atoms with van der Waals surface area (Å²) in [5.41, 5.74) is 5.50. The number of aromatic hydroxyl groups is 1. The van der Waals surface area contributed by atoms with E-state index in [1.807, 2.05) is 0 Å². The number of nitrogens with two attached hydrogens (primary N) is 1. The maximum atomic E-state index is 13.0. The monoisotopic (exact) mass is 560 g/mol. The first-order valence-electron chi connectivity index (χ1n) is 11.2. The molecule has 0 aliphatic carbocycles. The van der Waals surface area contributed by atoms with E-state index in [1.165, 1.54) is 22.9 Å². The Hall–Kier alpha value is -4.86. The van der Waals surface area contributed by atoms with E-state index >= 15 is 0 Å². The van der Waals surface area contributed by atoms with Crippen molar-refractivity contribution in [1.82, 2.24) is 24.6 Å². The molecule has 2 aromatic carbocycles. The Morgan fingerprint density at radius 3 is 2.51 bits per heavy atom. The van der Waals surface area contributed by atoms with Crippen molar-refractivity contribution in [3.05, 3.63) is 72.0 Å². The fourth-order valence-corrected chi connectivity index (χ4v) is 4.66. The second-order valence-electron chi connectivity index (χ2n) is 8.19. The smallest absolute Gasteiger partial charge is 0.419 e. The van der Waals surface area contributed by atoms with Crippen LogP contribution < -0.4 is 15.8 Å². The van der Waals surface area contributed by atoms with E-state index in [0.717, 1.165) is 11.6 Å². The third-order valence-electron chi connectivity index (χ3n) is 5.46. The number of aromatic nitrogens is 5. The summed E-state index contributed by atoms with van der Waals surface area (Å²) in [5.74, 6) is 0.223. The van der Waals surface area contributed by atoms with Crippen LogP contribution in [0.5, 0.6) is 5.75 Å². The summed E-state index contributed by atoms with van der Waals surface area (Å²) in [5, 5.41) is 16.7. The van der Waals surface area contributed by atoms with Crippen molar-refractivity contribution < 1.29 is 31.1 Å². The van der Waals surface area contributed by atoms with Crippen molar-refractivity contribution in [2.24, 2.45) is 0 Å². The van der Waals surface area contributed by atoms with E-state index in [0.29, 0.717) is 36.7 Å². The molecule has 39 heavy (non-hydrogen) atoms. The van der Waals surface area contributed by atoms with Gasteiger partial charge < -0.3 is 20.6 Å². The second kappa shape index (κ2) is 9.79. The largest absolute Gasteiger partial charge is 0.507 e. The standard InChI is InChI=1S/C23H19F3N8O4S/c24-23(25,26)16-12-15(7-8-17(16)35)39(36,37)33-14-5-3-13(4-6-14)9-10-28-21-30-20(27)34-22(31-21)29-19(32-34)18-2-1-11-38-18/h1-8,11-12,33,35H,9-10H2,(H3,27,28,29,30,31,32). The topological polar surface area (TPSA) is 174 Å². The van der Waals surface area contributed by atoms with E-state index in [9.17, 15) is 26.7 Å². The molecule has 0 atom stereocenters. The SMILES string of the molecule is Nc1nc(NCCc2ccc(NS(=O)(=O)c3ccc(O)c(C(F)(F)F)c3)cc2)nc2nc(-c3ccco3)nn12. The first kappa shape index (κ1) is 25.8. The summed E-state index contributed by atoms with van der Waals surface area (Å²) in [6, 6.07) is 11.6. The number of phenolic OH excluding ortho intramolecular Hbond substituents is 1. The molecule has 0 bridgehead atoms. The van der Waals surface area contributed by atoms with Gasteiger partial charge in [0.05, 0.1) is 16.7 Å². The van der Waals surface area contributed by atoms with Gasteiger partial charge in [-0.3, -0.25) is 4.72 Å². The third kappa shape index (κ3) is 5.54. The molecule has 0 aliphatic heterocycles. The van der Waals surface area contributed by atoms with Crippen LogP contribution in [0, 0.1) is 0 Å². The Bertz CT molecular complexity index is 1740. The van der Waals surface area contributed by atoms with Crippen LogP contribution in [0.1, 0.15) is 11.1 Å². The van der Waals surface area contributed by atoms with Crippen LogP contribution in [-0.4, -0.2) is 44.6 Å². The molecule has 0 spiro atoms. The number of nitrogen functional groups attached to an aromatic ring is 1. The highest BCUT2D eigenvalue weighted by Gasteiger charge is 2.35. The van der Waals surface area contributed by atoms with Crippen molar-refractivity contribution in [3.63, 3.8) is 0 Å². The molecule has 0 saturated heterocycles. The Labute approximate surface area is 218 Å². The number of nitrogens with zero attached hydrogens (tertiary/aromatic N) is 5. The number of benzene rings is 2. The highest BCUT2D eigenvalue weighted by Crippen LogP contribution is 2.37. The van der Waals surface area contributed by atoms with Gasteiger partial charge in [-0.05, 0) is 54.4 Å². The van der Waals surface area contributed by atoms with Gasteiger partial charge in [0.2, 0.25) is 17.7 Å². The summed E-state index contributed by atoms with van der Waals surface area (Å²) in [7, 11) is -4.33. The number of rotatable bonds is 8. The molecular formula is C23H19F3N8O4S. The normalized spacial score (nSPS) is 12.1. The van der Waals surface area contributed by atoms with Gasteiger partial charge in [0, 0.05) is 12.2 Å². The highest BCUT2D eigenvalue weighted by molar-refractivity contribution is 7.92. The van der Waals surface area contributed by atoms with Crippen molar-refractivity contribution >= 4 is 33.4 Å². The number of furan rings is 1. The number of anilines is 3. The predicted molar refractivity (Wildman–Crippen MR) is 133 cm³/mol. The molecule has 5 N–H and O–H groups in total. The van der Waals surface area contributed by atoms with E-state index in [2.05, 4.69) is 30.1 Å². The minimum atomic E-state index is -4.91. The maximum Gasteiger partial charge on any atom is 0.419 e. The van der Waals surface area contributed by atoms with E-state index in [1.54, 1.807) is 24.3 Å². The molecule has 0 amide bonds. The number of fused-ring (bicyclic) bond motifs is 1. The quantitative estimate of drug-likeness (QED) is 0.220. The first-order valence-corrected chi connectivity index (χ1v) is 12.7. The zero-order valence-corrected chi connectivity index (χ0v) is 20.5. The van der Waals surface area contributed by atoms with Crippen molar-refractivity contribution in [2.45, 2.75) is 17.5 Å². The molecule has 3 aromatic heterocycles. The fourth-order valence-electron chi connectivity index (χ4n) is 3.58. The molecular weight excluding hydrogens is 541 g/mol. The molecule has 0 fully saturated rings. The second-order valence-corrected chi connectivity index (χ2v) is 9.87. The lowest BCUT2D eigenvalue weighted by Crippen LogP contribution is -2.15. The van der Waals surface area contributed by atoms with E-state index in [-0.39, 0.29) is 23.4 Å². The zero-order valence-electron chi connectivity index (χ0n) is 19.7. The van der Waals surface area contributed by atoms with Gasteiger partial charge in [0.15, 0.2) is 5.76 Å². The van der Waals surface area contributed by atoms with Gasteiger partial charge in [0.1, 0.15) is 5.75 Å². The summed E-state index contributed by atoms with van der Waals surface area (Å²) in [6.07, 6.45) is -2.92. The predicted octanol–water partition coefficient (Wildman–Crippen LogP) is 3.54. The molecule has 12 nitrogen and oxygen atoms in total. The fraction of sp³-hybridized carbons (Fsp3) is 0.130. The maximum absolute atomic E-state index is 13.0. The van der Waals surface area contributed by atoms with Crippen LogP contribution in [-0.2, 0) is 22.6 Å². The lowest BCUT2D eigenvalue weighted by Gasteiger charge is -2.13. The Morgan fingerprint density at radius 2 is 1.82 bits per heavy atom. The average Bonchev–Trinajstić information content (AvgIpc) is 3.55. The van der Waals surface area contributed by atoms with Crippen LogP contribution in [0.3, 0.4) is 0 Å². The van der Waals surface area contributed by atoms with Crippen molar-refractivity contribution in [1.29, 1.82) is 0 Å². The van der Waals surface area contributed by atoms with Crippen molar-refractivity contribution in [3.8, 4) is 17.3 Å². The molecule has 5 rings (SSSR count).